The number of benzene rings is 2. The summed E-state index contributed by atoms with van der Waals surface area (Å²) in [6.45, 7) is 2.60. The molecule has 0 spiro atoms. The number of fused-ring (bicyclic) bond motifs is 3. The Kier molecular flexibility index (Phi) is 5.68. The highest BCUT2D eigenvalue weighted by Gasteiger charge is 2.32. The van der Waals surface area contributed by atoms with Crippen LogP contribution in [0.1, 0.15) is 74.7 Å². The lowest BCUT2D eigenvalue weighted by Crippen LogP contribution is -2.11. The molecule has 4 rings (SSSR count). The van der Waals surface area contributed by atoms with Gasteiger partial charge in [-0.1, -0.05) is 50.8 Å². The van der Waals surface area contributed by atoms with E-state index in [0.29, 0.717) is 23.3 Å². The lowest BCUT2D eigenvalue weighted by Gasteiger charge is -2.20. The first-order chi connectivity index (χ1) is 13.6. The lowest BCUT2D eigenvalue weighted by molar-refractivity contribution is 0.108. The molecule has 0 aromatic heterocycles. The molecule has 1 atom stereocenters. The zero-order valence-electron chi connectivity index (χ0n) is 16.4. The average Bonchev–Trinajstić information content (AvgIpc) is 3.35. The first kappa shape index (κ1) is 19.4. The minimum Gasteiger partial charge on any atom is -0.491 e. The number of hydrogen-bond acceptors (Lipinski definition) is 2. The van der Waals surface area contributed by atoms with Crippen molar-refractivity contribution in [2.45, 2.75) is 64.4 Å². The Morgan fingerprint density at radius 3 is 2.39 bits per heavy atom. The predicted octanol–water partition coefficient (Wildman–Crippen LogP) is 6.33. The van der Waals surface area contributed by atoms with Crippen LogP contribution < -0.4 is 4.74 Å². The number of halogens is 2. The summed E-state index contributed by atoms with van der Waals surface area (Å²) < 4.78 is 35.8. The van der Waals surface area contributed by atoms with Crippen molar-refractivity contribution in [1.82, 2.24) is 0 Å². The van der Waals surface area contributed by atoms with Crippen molar-refractivity contribution in [2.75, 3.05) is 6.61 Å². The van der Waals surface area contributed by atoms with Gasteiger partial charge in [-0.25, -0.2) is 8.78 Å². The van der Waals surface area contributed by atoms with Gasteiger partial charge >= 0.3 is 0 Å². The van der Waals surface area contributed by atoms with Gasteiger partial charge in [-0.05, 0) is 42.4 Å². The monoisotopic (exact) mass is 386 g/mol. The Morgan fingerprint density at radius 1 is 1.00 bits per heavy atom. The van der Waals surface area contributed by atoms with E-state index in [1.165, 1.54) is 0 Å². The zero-order valence-corrected chi connectivity index (χ0v) is 16.4. The van der Waals surface area contributed by atoms with Crippen LogP contribution in [0.2, 0.25) is 0 Å². The largest absolute Gasteiger partial charge is 0.491 e. The Hall–Kier alpha value is -1.94. The maximum atomic E-state index is 15.2. The van der Waals surface area contributed by atoms with Gasteiger partial charge in [0.25, 0.3) is 0 Å². The molecule has 28 heavy (non-hydrogen) atoms. The molecule has 0 heterocycles. The summed E-state index contributed by atoms with van der Waals surface area (Å²) in [5.74, 6) is -0.397. The smallest absolute Gasteiger partial charge is 0.169 e. The van der Waals surface area contributed by atoms with Crippen LogP contribution in [0.3, 0.4) is 0 Å². The summed E-state index contributed by atoms with van der Waals surface area (Å²) in [6.07, 6.45) is 6.51. The number of aliphatic hydroxyl groups excluding tert-OH is 1. The Morgan fingerprint density at radius 2 is 1.68 bits per heavy atom. The highest BCUT2D eigenvalue weighted by Crippen LogP contribution is 2.44. The van der Waals surface area contributed by atoms with Gasteiger partial charge in [0, 0.05) is 23.1 Å². The number of aliphatic hydroxyl groups is 1. The molecule has 4 heteroatoms. The van der Waals surface area contributed by atoms with E-state index in [0.717, 1.165) is 56.1 Å². The Balaban J connectivity index is 1.59. The third-order valence-corrected chi connectivity index (χ3v) is 6.30. The third kappa shape index (κ3) is 3.43. The van der Waals surface area contributed by atoms with E-state index in [2.05, 4.69) is 6.92 Å². The van der Waals surface area contributed by atoms with Gasteiger partial charge in [0.1, 0.15) is 5.82 Å². The van der Waals surface area contributed by atoms with Gasteiger partial charge in [-0.2, -0.15) is 0 Å². The molecular formula is C24H28F2O2. The SMILES string of the molecule is CCCCCOc1ccc2c(c1F)Cc1c-2ccc(C(O)C2CCCC2)c1F. The summed E-state index contributed by atoms with van der Waals surface area (Å²) >= 11 is 0. The van der Waals surface area contributed by atoms with Gasteiger partial charge < -0.3 is 9.84 Å². The number of rotatable bonds is 7. The van der Waals surface area contributed by atoms with Crippen molar-refractivity contribution >= 4 is 0 Å². The van der Waals surface area contributed by atoms with Gasteiger partial charge in [0.15, 0.2) is 11.6 Å². The van der Waals surface area contributed by atoms with Gasteiger partial charge in [-0.3, -0.25) is 0 Å². The minimum absolute atomic E-state index is 0.121. The van der Waals surface area contributed by atoms with Crippen LogP contribution in [0.25, 0.3) is 11.1 Å². The van der Waals surface area contributed by atoms with E-state index in [-0.39, 0.29) is 29.7 Å². The van der Waals surface area contributed by atoms with E-state index in [1.807, 2.05) is 12.1 Å². The van der Waals surface area contributed by atoms with E-state index in [9.17, 15) is 9.50 Å². The van der Waals surface area contributed by atoms with E-state index in [1.54, 1.807) is 12.1 Å². The molecule has 2 aliphatic carbocycles. The van der Waals surface area contributed by atoms with E-state index in [4.69, 9.17) is 4.74 Å². The van der Waals surface area contributed by atoms with Crippen molar-refractivity contribution in [2.24, 2.45) is 5.92 Å². The highest BCUT2D eigenvalue weighted by atomic mass is 19.1. The molecule has 0 amide bonds. The average molecular weight is 386 g/mol. The van der Waals surface area contributed by atoms with Gasteiger partial charge in [0.05, 0.1) is 12.7 Å². The Bertz CT molecular complexity index is 856. The molecule has 1 saturated carbocycles. The Labute approximate surface area is 165 Å². The fourth-order valence-electron chi connectivity index (χ4n) is 4.67. The van der Waals surface area contributed by atoms with Gasteiger partial charge in [-0.15, -0.1) is 0 Å². The summed E-state index contributed by atoms with van der Waals surface area (Å²) in [4.78, 5) is 0. The summed E-state index contributed by atoms with van der Waals surface area (Å²) in [5, 5.41) is 10.7. The number of unbranched alkanes of at least 4 members (excludes halogenated alkanes) is 2. The second-order valence-corrected chi connectivity index (χ2v) is 8.12. The molecule has 2 nitrogen and oxygen atoms in total. The molecule has 2 aromatic carbocycles. The molecule has 2 aromatic rings. The third-order valence-electron chi connectivity index (χ3n) is 6.30. The molecule has 0 radical (unpaired) electrons. The molecule has 0 bridgehead atoms. The van der Waals surface area contributed by atoms with Crippen LogP contribution in [-0.2, 0) is 6.42 Å². The molecule has 0 saturated heterocycles. The molecule has 1 unspecified atom stereocenters. The van der Waals surface area contributed by atoms with Crippen molar-refractivity contribution in [1.29, 1.82) is 0 Å². The first-order valence-corrected chi connectivity index (χ1v) is 10.6. The maximum absolute atomic E-state index is 15.2. The van der Waals surface area contributed by atoms with Crippen LogP contribution in [0.4, 0.5) is 8.78 Å². The van der Waals surface area contributed by atoms with Crippen LogP contribution in [0.15, 0.2) is 24.3 Å². The standard InChI is InChI=1S/C24H28F2O2/c1-2-3-6-13-28-21-12-11-17-16-9-10-18(24(27)15-7-4-5-8-15)22(25)19(16)14-20(17)23(21)26/h9-12,15,24,27H,2-8,13-14H2,1H3. The van der Waals surface area contributed by atoms with Crippen LogP contribution in [0, 0.1) is 17.6 Å². The lowest BCUT2D eigenvalue weighted by atomic mass is 9.91. The van der Waals surface area contributed by atoms with Crippen molar-refractivity contribution in [3.8, 4) is 16.9 Å². The van der Waals surface area contributed by atoms with Crippen LogP contribution in [-0.4, -0.2) is 11.7 Å². The maximum Gasteiger partial charge on any atom is 0.169 e. The zero-order chi connectivity index (χ0) is 19.7. The molecule has 150 valence electrons. The van der Waals surface area contributed by atoms with Crippen molar-refractivity contribution in [3.05, 3.63) is 52.6 Å². The summed E-state index contributed by atoms with van der Waals surface area (Å²) in [7, 11) is 0. The van der Waals surface area contributed by atoms with Crippen LogP contribution in [0.5, 0.6) is 5.75 Å². The molecule has 0 aliphatic heterocycles. The summed E-state index contributed by atoms with van der Waals surface area (Å²) in [5.41, 5.74) is 2.80. The highest BCUT2D eigenvalue weighted by molar-refractivity contribution is 5.78. The second-order valence-electron chi connectivity index (χ2n) is 8.12. The van der Waals surface area contributed by atoms with Crippen molar-refractivity contribution < 1.29 is 18.6 Å². The van der Waals surface area contributed by atoms with Crippen molar-refractivity contribution in [3.63, 3.8) is 0 Å². The topological polar surface area (TPSA) is 29.5 Å². The second kappa shape index (κ2) is 8.20. The van der Waals surface area contributed by atoms with Crippen LogP contribution >= 0.6 is 0 Å². The fraction of sp³-hybridized carbons (Fsp3) is 0.500. The first-order valence-electron chi connectivity index (χ1n) is 10.6. The quantitative estimate of drug-likeness (QED) is 0.481. The minimum atomic E-state index is -0.779. The normalized spacial score (nSPS) is 16.9. The number of hydrogen-bond donors (Lipinski definition) is 1. The van der Waals surface area contributed by atoms with E-state index < -0.39 is 6.10 Å². The predicted molar refractivity (Wildman–Crippen MR) is 107 cm³/mol. The van der Waals surface area contributed by atoms with E-state index >= 15 is 4.39 Å². The molecule has 1 N–H and O–H groups in total. The number of ether oxygens (including phenoxy) is 1. The summed E-state index contributed by atoms with van der Waals surface area (Å²) in [6, 6.07) is 6.98. The fourth-order valence-corrected chi connectivity index (χ4v) is 4.67. The molecule has 2 aliphatic rings. The molecule has 1 fully saturated rings. The van der Waals surface area contributed by atoms with Gasteiger partial charge in [0.2, 0.25) is 0 Å². The molecular weight excluding hydrogens is 358 g/mol.